The van der Waals surface area contributed by atoms with Crippen LogP contribution in [0, 0.1) is 20.8 Å². The van der Waals surface area contributed by atoms with Gasteiger partial charge in [-0.05, 0) is 32.8 Å². The summed E-state index contributed by atoms with van der Waals surface area (Å²) in [5.74, 6) is 0. The first-order valence-electron chi connectivity index (χ1n) is 5.73. The highest BCUT2D eigenvalue weighted by atomic mass is 32.1. The van der Waals surface area contributed by atoms with E-state index in [1.807, 2.05) is 17.9 Å². The second kappa shape index (κ2) is 4.87. The minimum Gasteiger partial charge on any atom is -0.361 e. The van der Waals surface area contributed by atoms with Crippen LogP contribution in [-0.4, -0.2) is 21.3 Å². The molecule has 0 amide bonds. The molecule has 0 saturated carbocycles. The molecule has 0 saturated heterocycles. The Kier molecular flexibility index (Phi) is 3.47. The molecule has 4 nitrogen and oxygen atoms in total. The predicted octanol–water partition coefficient (Wildman–Crippen LogP) is 2.46. The topological polar surface area (TPSA) is 42.7 Å². The summed E-state index contributed by atoms with van der Waals surface area (Å²) < 4.78 is 1.94. The lowest BCUT2D eigenvalue weighted by Crippen LogP contribution is -2.06. The van der Waals surface area contributed by atoms with Gasteiger partial charge in [-0.15, -0.1) is 11.3 Å². The molecule has 0 fully saturated rings. The summed E-state index contributed by atoms with van der Waals surface area (Å²) >= 11 is 1.69. The summed E-state index contributed by atoms with van der Waals surface area (Å²) in [6.45, 7) is 7.15. The molecule has 5 heteroatoms. The smallest absolute Gasteiger partial charge is 0.182 e. The Hall–Kier alpha value is -1.36. The van der Waals surface area contributed by atoms with Crippen molar-refractivity contribution in [3.8, 4) is 0 Å². The van der Waals surface area contributed by atoms with Crippen molar-refractivity contribution in [1.82, 2.24) is 14.8 Å². The number of hydrogen-bond donors (Lipinski definition) is 1. The summed E-state index contributed by atoms with van der Waals surface area (Å²) in [6.07, 6.45) is 2.89. The van der Waals surface area contributed by atoms with Crippen molar-refractivity contribution in [2.75, 3.05) is 11.9 Å². The number of hydrogen-bond acceptors (Lipinski definition) is 4. The third-order valence-corrected chi connectivity index (χ3v) is 3.80. The van der Waals surface area contributed by atoms with Crippen LogP contribution in [0.25, 0.3) is 0 Å². The van der Waals surface area contributed by atoms with Crippen molar-refractivity contribution < 1.29 is 0 Å². The maximum atomic E-state index is 4.42. The Bertz CT molecular complexity index is 513. The van der Waals surface area contributed by atoms with Crippen molar-refractivity contribution in [2.24, 2.45) is 7.05 Å². The predicted molar refractivity (Wildman–Crippen MR) is 71.7 cm³/mol. The van der Waals surface area contributed by atoms with Gasteiger partial charge in [0.2, 0.25) is 0 Å². The minimum absolute atomic E-state index is 0.903. The molecule has 0 bridgehead atoms. The van der Waals surface area contributed by atoms with E-state index >= 15 is 0 Å². The highest BCUT2D eigenvalue weighted by Gasteiger charge is 2.08. The van der Waals surface area contributed by atoms with E-state index in [1.54, 1.807) is 11.3 Å². The van der Waals surface area contributed by atoms with Crippen molar-refractivity contribution in [2.45, 2.75) is 27.2 Å². The minimum atomic E-state index is 0.903. The summed E-state index contributed by atoms with van der Waals surface area (Å²) in [6, 6.07) is 0. The number of thiazole rings is 1. The van der Waals surface area contributed by atoms with Crippen molar-refractivity contribution in [3.63, 3.8) is 0 Å². The maximum absolute atomic E-state index is 4.42. The van der Waals surface area contributed by atoms with E-state index in [-0.39, 0.29) is 0 Å². The third kappa shape index (κ3) is 2.66. The van der Waals surface area contributed by atoms with Crippen LogP contribution in [0.1, 0.15) is 21.8 Å². The number of rotatable bonds is 4. The van der Waals surface area contributed by atoms with Gasteiger partial charge in [0.1, 0.15) is 0 Å². The molecule has 1 N–H and O–H groups in total. The molecule has 0 unspecified atom stereocenters. The van der Waals surface area contributed by atoms with E-state index < -0.39 is 0 Å². The van der Waals surface area contributed by atoms with Gasteiger partial charge in [-0.1, -0.05) is 0 Å². The fraction of sp³-hybridized carbons (Fsp3) is 0.500. The van der Waals surface area contributed by atoms with Crippen molar-refractivity contribution in [3.05, 3.63) is 28.0 Å². The number of aryl methyl sites for hydroxylation is 3. The lowest BCUT2D eigenvalue weighted by molar-refractivity contribution is 0.730. The zero-order valence-corrected chi connectivity index (χ0v) is 11.6. The van der Waals surface area contributed by atoms with Crippen LogP contribution in [0.15, 0.2) is 6.20 Å². The fourth-order valence-corrected chi connectivity index (χ4v) is 2.60. The van der Waals surface area contributed by atoms with Crippen LogP contribution in [0.5, 0.6) is 0 Å². The highest BCUT2D eigenvalue weighted by molar-refractivity contribution is 7.15. The zero-order chi connectivity index (χ0) is 12.4. The Labute approximate surface area is 106 Å². The molecule has 0 radical (unpaired) electrons. The Balaban J connectivity index is 1.94. The number of anilines is 1. The Morgan fingerprint density at radius 2 is 2.12 bits per heavy atom. The first kappa shape index (κ1) is 12.1. The second-order valence-electron chi connectivity index (χ2n) is 4.23. The molecular weight excluding hydrogens is 232 g/mol. The lowest BCUT2D eigenvalue weighted by atomic mass is 10.1. The molecule has 92 valence electrons. The summed E-state index contributed by atoms with van der Waals surface area (Å²) in [5.41, 5.74) is 3.72. The van der Waals surface area contributed by atoms with Gasteiger partial charge in [-0.3, -0.25) is 4.68 Å². The van der Waals surface area contributed by atoms with Crippen LogP contribution in [0.3, 0.4) is 0 Å². The van der Waals surface area contributed by atoms with E-state index in [9.17, 15) is 0 Å². The number of nitrogens with one attached hydrogen (secondary N) is 1. The molecule has 17 heavy (non-hydrogen) atoms. The standard InChI is InChI=1S/C12H18N4S/c1-8-7-14-12(17-8)13-6-5-11-9(2)15-16(4)10(11)3/h7H,5-6H2,1-4H3,(H,13,14). The van der Waals surface area contributed by atoms with E-state index in [0.29, 0.717) is 0 Å². The molecule has 0 aliphatic carbocycles. The van der Waals surface area contributed by atoms with Crippen LogP contribution in [-0.2, 0) is 13.5 Å². The summed E-state index contributed by atoms with van der Waals surface area (Å²) in [4.78, 5) is 5.52. The number of nitrogens with zero attached hydrogens (tertiary/aromatic N) is 3. The van der Waals surface area contributed by atoms with Gasteiger partial charge < -0.3 is 5.32 Å². The molecule has 2 rings (SSSR count). The third-order valence-electron chi connectivity index (χ3n) is 2.93. The maximum Gasteiger partial charge on any atom is 0.182 e. The Morgan fingerprint density at radius 3 is 2.65 bits per heavy atom. The molecule has 0 aromatic carbocycles. The quantitative estimate of drug-likeness (QED) is 0.906. The van der Waals surface area contributed by atoms with Gasteiger partial charge in [0.15, 0.2) is 5.13 Å². The van der Waals surface area contributed by atoms with Gasteiger partial charge >= 0.3 is 0 Å². The molecule has 0 aliphatic rings. The summed E-state index contributed by atoms with van der Waals surface area (Å²) in [5, 5.41) is 8.77. The van der Waals surface area contributed by atoms with E-state index in [1.165, 1.54) is 16.1 Å². The molecule has 0 atom stereocenters. The van der Waals surface area contributed by atoms with Gasteiger partial charge in [0.05, 0.1) is 5.69 Å². The molecule has 2 aromatic heterocycles. The molecule has 2 heterocycles. The first-order chi connectivity index (χ1) is 8.08. The number of aromatic nitrogens is 3. The normalized spacial score (nSPS) is 10.8. The van der Waals surface area contributed by atoms with Crippen molar-refractivity contribution >= 4 is 16.5 Å². The Morgan fingerprint density at radius 1 is 1.35 bits per heavy atom. The van der Waals surface area contributed by atoms with Gasteiger partial charge in [0, 0.05) is 30.4 Å². The molecule has 2 aromatic rings. The van der Waals surface area contributed by atoms with Gasteiger partial charge in [0.25, 0.3) is 0 Å². The fourth-order valence-electron chi connectivity index (χ4n) is 1.91. The van der Waals surface area contributed by atoms with E-state index in [2.05, 4.69) is 36.2 Å². The molecule has 0 spiro atoms. The van der Waals surface area contributed by atoms with Crippen LogP contribution >= 0.6 is 11.3 Å². The van der Waals surface area contributed by atoms with Crippen LogP contribution < -0.4 is 5.32 Å². The van der Waals surface area contributed by atoms with Crippen LogP contribution in [0.2, 0.25) is 0 Å². The van der Waals surface area contributed by atoms with Crippen LogP contribution in [0.4, 0.5) is 5.13 Å². The average Bonchev–Trinajstić information content (AvgIpc) is 2.78. The van der Waals surface area contributed by atoms with Gasteiger partial charge in [-0.25, -0.2) is 4.98 Å². The lowest BCUT2D eigenvalue weighted by Gasteiger charge is -2.03. The van der Waals surface area contributed by atoms with Crippen molar-refractivity contribution in [1.29, 1.82) is 0 Å². The average molecular weight is 250 g/mol. The highest BCUT2D eigenvalue weighted by Crippen LogP contribution is 2.17. The summed E-state index contributed by atoms with van der Waals surface area (Å²) in [7, 11) is 1.99. The molecular formula is C12H18N4S. The van der Waals surface area contributed by atoms with E-state index in [0.717, 1.165) is 23.8 Å². The second-order valence-corrected chi connectivity index (χ2v) is 5.46. The SMILES string of the molecule is Cc1cnc(NCCc2c(C)nn(C)c2C)s1. The molecule has 0 aliphatic heterocycles. The zero-order valence-electron chi connectivity index (χ0n) is 10.7. The van der Waals surface area contributed by atoms with Gasteiger partial charge in [-0.2, -0.15) is 5.10 Å². The van der Waals surface area contributed by atoms with E-state index in [4.69, 9.17) is 0 Å². The monoisotopic (exact) mass is 250 g/mol. The first-order valence-corrected chi connectivity index (χ1v) is 6.55. The largest absolute Gasteiger partial charge is 0.361 e.